The maximum absolute atomic E-state index is 12.1. The van der Waals surface area contributed by atoms with E-state index in [0.29, 0.717) is 32.0 Å². The van der Waals surface area contributed by atoms with Gasteiger partial charge >= 0.3 is 5.97 Å². The molecule has 1 N–H and O–H groups in total. The predicted molar refractivity (Wildman–Crippen MR) is 73.7 cm³/mol. The molecule has 0 amide bonds. The van der Waals surface area contributed by atoms with E-state index in [1.165, 1.54) is 0 Å². The molecule has 3 atom stereocenters. The van der Waals surface area contributed by atoms with Gasteiger partial charge in [0.25, 0.3) is 0 Å². The molecule has 112 valence electrons. The van der Waals surface area contributed by atoms with Gasteiger partial charge in [0.05, 0.1) is 24.2 Å². The Morgan fingerprint density at radius 3 is 2.53 bits per heavy atom. The van der Waals surface area contributed by atoms with Crippen molar-refractivity contribution in [1.82, 2.24) is 0 Å². The van der Waals surface area contributed by atoms with Crippen molar-refractivity contribution in [2.45, 2.75) is 59.2 Å². The van der Waals surface area contributed by atoms with Crippen molar-refractivity contribution < 1.29 is 19.4 Å². The van der Waals surface area contributed by atoms with Gasteiger partial charge < -0.3 is 14.6 Å². The normalized spacial score (nSPS) is 29.6. The predicted octanol–water partition coefficient (Wildman–Crippen LogP) is 2.39. The van der Waals surface area contributed by atoms with Crippen LogP contribution in [0.25, 0.3) is 0 Å². The molecule has 1 heterocycles. The molecule has 0 aromatic carbocycles. The van der Waals surface area contributed by atoms with Crippen LogP contribution >= 0.6 is 0 Å². The van der Waals surface area contributed by atoms with Crippen molar-refractivity contribution in [1.29, 1.82) is 0 Å². The maximum atomic E-state index is 12.1. The fraction of sp³-hybridized carbons (Fsp3) is 0.933. The van der Waals surface area contributed by atoms with Crippen molar-refractivity contribution in [3.05, 3.63) is 0 Å². The summed E-state index contributed by atoms with van der Waals surface area (Å²) in [6, 6.07) is 0. The lowest BCUT2D eigenvalue weighted by atomic mass is 9.72. The molecular formula is C15H28O4. The zero-order valence-electron chi connectivity index (χ0n) is 12.8. The van der Waals surface area contributed by atoms with Gasteiger partial charge in [-0.15, -0.1) is 0 Å². The van der Waals surface area contributed by atoms with Crippen LogP contribution in [0.5, 0.6) is 0 Å². The molecule has 19 heavy (non-hydrogen) atoms. The first-order chi connectivity index (χ1) is 8.81. The number of hydrogen-bond donors (Lipinski definition) is 1. The minimum atomic E-state index is -1.01. The summed E-state index contributed by atoms with van der Waals surface area (Å²) in [6.45, 7) is 10.7. The summed E-state index contributed by atoms with van der Waals surface area (Å²) in [4.78, 5) is 12.1. The van der Waals surface area contributed by atoms with Crippen LogP contribution in [0.4, 0.5) is 0 Å². The minimum Gasteiger partial charge on any atom is -0.466 e. The highest BCUT2D eigenvalue weighted by Crippen LogP contribution is 2.38. The molecule has 1 saturated heterocycles. The Bertz CT molecular complexity index is 301. The third-order valence-electron chi connectivity index (χ3n) is 3.95. The van der Waals surface area contributed by atoms with Crippen molar-refractivity contribution in [2.75, 3.05) is 13.2 Å². The van der Waals surface area contributed by atoms with Crippen LogP contribution < -0.4 is 0 Å². The molecule has 0 aromatic heterocycles. The molecule has 0 spiro atoms. The van der Waals surface area contributed by atoms with Gasteiger partial charge in [-0.2, -0.15) is 0 Å². The van der Waals surface area contributed by atoms with E-state index < -0.39 is 11.5 Å². The number of ether oxygens (including phenoxy) is 2. The van der Waals surface area contributed by atoms with Crippen molar-refractivity contribution in [3.8, 4) is 0 Å². The third-order valence-corrected chi connectivity index (χ3v) is 3.95. The van der Waals surface area contributed by atoms with E-state index in [0.717, 1.165) is 0 Å². The average Bonchev–Trinajstić information content (AvgIpc) is 2.28. The highest BCUT2D eigenvalue weighted by molar-refractivity contribution is 5.74. The topological polar surface area (TPSA) is 55.8 Å². The first kappa shape index (κ1) is 16.4. The standard InChI is InChI=1S/C15H28O4/c1-6-18-14(16)13(11(4)5)15(17)7-8-19-12(9-15)10(2)3/h10-13,17H,6-9H2,1-5H3. The van der Waals surface area contributed by atoms with Gasteiger partial charge in [0.2, 0.25) is 0 Å². The van der Waals surface area contributed by atoms with Gasteiger partial charge in [-0.25, -0.2) is 0 Å². The zero-order valence-corrected chi connectivity index (χ0v) is 12.8. The first-order valence-corrected chi connectivity index (χ1v) is 7.32. The van der Waals surface area contributed by atoms with Gasteiger partial charge in [0, 0.05) is 19.4 Å². The van der Waals surface area contributed by atoms with Gasteiger partial charge in [-0.3, -0.25) is 4.79 Å². The summed E-state index contributed by atoms with van der Waals surface area (Å²) in [6.07, 6.45) is 1.01. The lowest BCUT2D eigenvalue weighted by Crippen LogP contribution is -2.52. The Balaban J connectivity index is 2.89. The molecule has 4 heteroatoms. The molecule has 1 fully saturated rings. The summed E-state index contributed by atoms with van der Waals surface area (Å²) in [5, 5.41) is 10.9. The molecule has 0 aliphatic carbocycles. The molecule has 0 bridgehead atoms. The molecular weight excluding hydrogens is 244 g/mol. The SMILES string of the molecule is CCOC(=O)C(C(C)C)C1(O)CCOC(C(C)C)C1. The van der Waals surface area contributed by atoms with Gasteiger partial charge in [-0.05, 0) is 18.8 Å². The second kappa shape index (κ2) is 6.71. The smallest absolute Gasteiger partial charge is 0.312 e. The van der Waals surface area contributed by atoms with Gasteiger partial charge in [-0.1, -0.05) is 27.7 Å². The summed E-state index contributed by atoms with van der Waals surface area (Å²) in [5.74, 6) is -0.376. The summed E-state index contributed by atoms with van der Waals surface area (Å²) in [7, 11) is 0. The average molecular weight is 272 g/mol. The Hall–Kier alpha value is -0.610. The van der Waals surface area contributed by atoms with E-state index in [-0.39, 0.29) is 18.0 Å². The van der Waals surface area contributed by atoms with E-state index in [9.17, 15) is 9.90 Å². The fourth-order valence-corrected chi connectivity index (χ4v) is 2.95. The monoisotopic (exact) mass is 272 g/mol. The molecule has 0 saturated carbocycles. The highest BCUT2D eigenvalue weighted by Gasteiger charge is 2.47. The molecule has 3 unspecified atom stereocenters. The van der Waals surface area contributed by atoms with Crippen molar-refractivity contribution in [3.63, 3.8) is 0 Å². The molecule has 1 aliphatic heterocycles. The maximum Gasteiger partial charge on any atom is 0.312 e. The van der Waals surface area contributed by atoms with Crippen LogP contribution in [0.3, 0.4) is 0 Å². The molecule has 0 aromatic rings. The Morgan fingerprint density at radius 1 is 1.42 bits per heavy atom. The number of aliphatic hydroxyl groups is 1. The van der Waals surface area contributed by atoms with Crippen molar-refractivity contribution >= 4 is 5.97 Å². The second-order valence-electron chi connectivity index (χ2n) is 6.18. The molecule has 1 rings (SSSR count). The van der Waals surface area contributed by atoms with Crippen LogP contribution in [0.2, 0.25) is 0 Å². The number of hydrogen-bond acceptors (Lipinski definition) is 4. The van der Waals surface area contributed by atoms with Gasteiger partial charge in [0.1, 0.15) is 0 Å². The second-order valence-corrected chi connectivity index (χ2v) is 6.18. The Kier molecular flexibility index (Phi) is 5.81. The van der Waals surface area contributed by atoms with Crippen LogP contribution in [0.1, 0.15) is 47.5 Å². The summed E-state index contributed by atoms with van der Waals surface area (Å²) < 4.78 is 10.8. The summed E-state index contributed by atoms with van der Waals surface area (Å²) >= 11 is 0. The van der Waals surface area contributed by atoms with Gasteiger partial charge in [0.15, 0.2) is 0 Å². The Morgan fingerprint density at radius 2 is 2.05 bits per heavy atom. The Labute approximate surface area is 116 Å². The van der Waals surface area contributed by atoms with Crippen LogP contribution in [0, 0.1) is 17.8 Å². The number of carbonyl (C=O) groups excluding carboxylic acids is 1. The molecule has 0 radical (unpaired) electrons. The van der Waals surface area contributed by atoms with E-state index in [1.54, 1.807) is 6.92 Å². The van der Waals surface area contributed by atoms with Crippen LogP contribution in [0.15, 0.2) is 0 Å². The van der Waals surface area contributed by atoms with E-state index in [4.69, 9.17) is 9.47 Å². The quantitative estimate of drug-likeness (QED) is 0.781. The van der Waals surface area contributed by atoms with Crippen LogP contribution in [-0.2, 0) is 14.3 Å². The summed E-state index contributed by atoms with van der Waals surface area (Å²) in [5.41, 5.74) is -1.01. The number of carbonyl (C=O) groups is 1. The lowest BCUT2D eigenvalue weighted by molar-refractivity contribution is -0.180. The number of esters is 1. The minimum absolute atomic E-state index is 0.00873. The van der Waals surface area contributed by atoms with E-state index in [1.807, 2.05) is 13.8 Å². The number of rotatable bonds is 5. The third kappa shape index (κ3) is 3.93. The van der Waals surface area contributed by atoms with E-state index >= 15 is 0 Å². The molecule has 4 nitrogen and oxygen atoms in total. The zero-order chi connectivity index (χ0) is 14.6. The first-order valence-electron chi connectivity index (χ1n) is 7.32. The fourth-order valence-electron chi connectivity index (χ4n) is 2.95. The molecule has 1 aliphatic rings. The largest absolute Gasteiger partial charge is 0.466 e. The van der Waals surface area contributed by atoms with Crippen LogP contribution in [-0.4, -0.2) is 36.0 Å². The van der Waals surface area contributed by atoms with E-state index in [2.05, 4.69) is 13.8 Å². The van der Waals surface area contributed by atoms with Crippen molar-refractivity contribution in [2.24, 2.45) is 17.8 Å². The lowest BCUT2D eigenvalue weighted by Gasteiger charge is -2.43. The highest BCUT2D eigenvalue weighted by atomic mass is 16.5.